The average molecular weight is 285 g/mol. The number of benzene rings is 1. The number of hydrazone groups is 1. The van der Waals surface area contributed by atoms with E-state index in [9.17, 15) is 0 Å². The van der Waals surface area contributed by atoms with Gasteiger partial charge in [-0.05, 0) is 36.9 Å². The predicted octanol–water partition coefficient (Wildman–Crippen LogP) is 3.63. The minimum Gasteiger partial charge on any atom is -0.325 e. The van der Waals surface area contributed by atoms with E-state index in [1.54, 1.807) is 11.3 Å². The van der Waals surface area contributed by atoms with Gasteiger partial charge in [-0.2, -0.15) is 5.10 Å². The van der Waals surface area contributed by atoms with Crippen LogP contribution in [0, 0.1) is 13.8 Å². The van der Waals surface area contributed by atoms with Gasteiger partial charge in [-0.1, -0.05) is 23.8 Å². The monoisotopic (exact) mass is 285 g/mol. The molecule has 104 valence electrons. The van der Waals surface area contributed by atoms with Crippen LogP contribution < -0.4 is 10.7 Å². The van der Waals surface area contributed by atoms with Crippen molar-refractivity contribution in [1.29, 1.82) is 0 Å². The van der Waals surface area contributed by atoms with Crippen molar-refractivity contribution in [3.8, 4) is 0 Å². The number of hydrogen-bond donors (Lipinski definition) is 1. The van der Waals surface area contributed by atoms with Crippen LogP contribution in [0.4, 0.5) is 5.69 Å². The molecular formula is C16H19N3S. The minimum absolute atomic E-state index is 0.287. The first-order valence-electron chi connectivity index (χ1n) is 6.85. The summed E-state index contributed by atoms with van der Waals surface area (Å²) in [5.74, 6) is 0. The summed E-state index contributed by atoms with van der Waals surface area (Å²) in [7, 11) is 0. The van der Waals surface area contributed by atoms with E-state index in [1.165, 1.54) is 21.7 Å². The fourth-order valence-corrected chi connectivity index (χ4v) is 3.49. The summed E-state index contributed by atoms with van der Waals surface area (Å²) in [6, 6.07) is 11.1. The number of aryl methyl sites for hydroxylation is 2. The number of nitrogens with two attached hydrogens (primary N) is 1. The maximum Gasteiger partial charge on any atom is 0.0920 e. The van der Waals surface area contributed by atoms with Crippen molar-refractivity contribution < 1.29 is 0 Å². The van der Waals surface area contributed by atoms with Crippen molar-refractivity contribution in [2.45, 2.75) is 26.3 Å². The van der Waals surface area contributed by atoms with Crippen LogP contribution >= 0.6 is 11.3 Å². The molecular weight excluding hydrogens is 266 g/mol. The van der Waals surface area contributed by atoms with E-state index in [-0.39, 0.29) is 6.04 Å². The lowest BCUT2D eigenvalue weighted by atomic mass is 10.1. The molecule has 1 atom stereocenters. The molecule has 20 heavy (non-hydrogen) atoms. The van der Waals surface area contributed by atoms with Crippen LogP contribution in [-0.2, 0) is 0 Å². The van der Waals surface area contributed by atoms with Gasteiger partial charge in [0, 0.05) is 17.8 Å². The van der Waals surface area contributed by atoms with Gasteiger partial charge in [0.15, 0.2) is 0 Å². The molecule has 1 aliphatic rings. The van der Waals surface area contributed by atoms with Gasteiger partial charge in [-0.15, -0.1) is 11.3 Å². The van der Waals surface area contributed by atoms with E-state index >= 15 is 0 Å². The van der Waals surface area contributed by atoms with Crippen molar-refractivity contribution in [3.63, 3.8) is 0 Å². The summed E-state index contributed by atoms with van der Waals surface area (Å²) in [4.78, 5) is 1.34. The highest BCUT2D eigenvalue weighted by Crippen LogP contribution is 2.38. The van der Waals surface area contributed by atoms with Gasteiger partial charge < -0.3 is 5.73 Å². The van der Waals surface area contributed by atoms with Gasteiger partial charge in [-0.3, -0.25) is 5.01 Å². The Morgan fingerprint density at radius 1 is 1.35 bits per heavy atom. The zero-order valence-electron chi connectivity index (χ0n) is 11.8. The molecule has 4 heteroatoms. The summed E-state index contributed by atoms with van der Waals surface area (Å²) in [6.07, 6.45) is 0.921. The second kappa shape index (κ2) is 5.38. The summed E-state index contributed by atoms with van der Waals surface area (Å²) in [5.41, 5.74) is 10.6. The Morgan fingerprint density at radius 3 is 2.85 bits per heavy atom. The third-order valence-electron chi connectivity index (χ3n) is 3.68. The highest BCUT2D eigenvalue weighted by atomic mass is 32.1. The molecule has 0 aliphatic carbocycles. The van der Waals surface area contributed by atoms with E-state index in [1.807, 2.05) is 0 Å². The second-order valence-electron chi connectivity index (χ2n) is 5.24. The molecule has 0 bridgehead atoms. The third kappa shape index (κ3) is 2.37. The molecule has 0 radical (unpaired) electrons. The topological polar surface area (TPSA) is 41.6 Å². The summed E-state index contributed by atoms with van der Waals surface area (Å²) in [5, 5.41) is 9.00. The van der Waals surface area contributed by atoms with Crippen LogP contribution in [0.2, 0.25) is 0 Å². The minimum atomic E-state index is 0.287. The molecule has 1 aliphatic heterocycles. The fraction of sp³-hybridized carbons (Fsp3) is 0.312. The Balaban J connectivity index is 2.01. The molecule has 2 N–H and O–H groups in total. The third-order valence-corrected chi connectivity index (χ3v) is 4.65. The van der Waals surface area contributed by atoms with E-state index in [2.05, 4.69) is 54.6 Å². The molecule has 0 amide bonds. The van der Waals surface area contributed by atoms with E-state index < -0.39 is 0 Å². The Kier molecular flexibility index (Phi) is 3.59. The highest BCUT2D eigenvalue weighted by Gasteiger charge is 2.29. The fourth-order valence-electron chi connectivity index (χ4n) is 2.68. The maximum absolute atomic E-state index is 5.80. The lowest BCUT2D eigenvalue weighted by Gasteiger charge is -2.24. The molecule has 1 aromatic carbocycles. The molecule has 0 saturated heterocycles. The first kappa shape index (κ1) is 13.3. The largest absolute Gasteiger partial charge is 0.325 e. The lowest BCUT2D eigenvalue weighted by molar-refractivity contribution is 0.719. The Morgan fingerprint density at radius 2 is 2.20 bits per heavy atom. The van der Waals surface area contributed by atoms with Crippen LogP contribution in [0.5, 0.6) is 0 Å². The van der Waals surface area contributed by atoms with Crippen molar-refractivity contribution in [1.82, 2.24) is 0 Å². The molecule has 3 nitrogen and oxygen atoms in total. The molecule has 2 aromatic rings. The van der Waals surface area contributed by atoms with Gasteiger partial charge in [0.2, 0.25) is 0 Å². The summed E-state index contributed by atoms with van der Waals surface area (Å²) < 4.78 is 0. The number of thiophene rings is 1. The number of hydrogen-bond acceptors (Lipinski definition) is 4. The molecule has 0 fully saturated rings. The summed E-state index contributed by atoms with van der Waals surface area (Å²) >= 11 is 1.78. The van der Waals surface area contributed by atoms with E-state index in [0.717, 1.165) is 12.1 Å². The Bertz CT molecular complexity index is 631. The Hall–Kier alpha value is -1.65. The average Bonchev–Trinajstić information content (AvgIpc) is 3.07. The second-order valence-corrected chi connectivity index (χ2v) is 6.22. The van der Waals surface area contributed by atoms with Crippen molar-refractivity contribution in [2.75, 3.05) is 11.6 Å². The predicted molar refractivity (Wildman–Crippen MR) is 86.6 cm³/mol. The molecule has 3 rings (SSSR count). The smallest absolute Gasteiger partial charge is 0.0920 e. The van der Waals surface area contributed by atoms with Crippen molar-refractivity contribution >= 4 is 22.7 Å². The standard InChI is InChI=1S/C16H19N3S/c1-11-5-6-14(12(2)8-11)19-15(9-13(10-17)18-19)16-4-3-7-20-16/h3-8,15H,9-10,17H2,1-2H3. The van der Waals surface area contributed by atoms with Gasteiger partial charge in [-0.25, -0.2) is 0 Å². The zero-order valence-corrected chi connectivity index (χ0v) is 12.7. The molecule has 0 saturated carbocycles. The van der Waals surface area contributed by atoms with Crippen molar-refractivity contribution in [2.24, 2.45) is 10.8 Å². The SMILES string of the molecule is Cc1ccc(N2N=C(CN)CC2c2cccs2)c(C)c1. The molecule has 1 aromatic heterocycles. The van der Waals surface area contributed by atoms with Crippen LogP contribution in [-0.4, -0.2) is 12.3 Å². The first-order chi connectivity index (χ1) is 9.69. The maximum atomic E-state index is 5.80. The lowest BCUT2D eigenvalue weighted by Crippen LogP contribution is -2.18. The normalized spacial score (nSPS) is 18.4. The van der Waals surface area contributed by atoms with E-state index in [4.69, 9.17) is 10.8 Å². The van der Waals surface area contributed by atoms with E-state index in [0.29, 0.717) is 6.54 Å². The highest BCUT2D eigenvalue weighted by molar-refractivity contribution is 7.10. The Labute approximate surface area is 123 Å². The number of nitrogens with zero attached hydrogens (tertiary/aromatic N) is 2. The van der Waals surface area contributed by atoms with Crippen LogP contribution in [0.1, 0.15) is 28.5 Å². The van der Waals surface area contributed by atoms with Gasteiger partial charge >= 0.3 is 0 Å². The number of rotatable bonds is 3. The van der Waals surface area contributed by atoms with Crippen LogP contribution in [0.3, 0.4) is 0 Å². The molecule has 0 spiro atoms. The number of anilines is 1. The van der Waals surface area contributed by atoms with Gasteiger partial charge in [0.1, 0.15) is 0 Å². The van der Waals surface area contributed by atoms with Gasteiger partial charge in [0.25, 0.3) is 0 Å². The molecule has 1 unspecified atom stereocenters. The summed E-state index contributed by atoms with van der Waals surface area (Å²) in [6.45, 7) is 4.79. The van der Waals surface area contributed by atoms with Crippen LogP contribution in [0.25, 0.3) is 0 Å². The zero-order chi connectivity index (χ0) is 14.1. The van der Waals surface area contributed by atoms with Crippen molar-refractivity contribution in [3.05, 3.63) is 51.7 Å². The van der Waals surface area contributed by atoms with Gasteiger partial charge in [0.05, 0.1) is 17.4 Å². The van der Waals surface area contributed by atoms with Crippen LogP contribution in [0.15, 0.2) is 40.8 Å². The first-order valence-corrected chi connectivity index (χ1v) is 7.73. The molecule has 2 heterocycles. The quantitative estimate of drug-likeness (QED) is 0.935.